The molecule has 2 atom stereocenters. The molecule has 1 saturated heterocycles. The van der Waals surface area contributed by atoms with Crippen molar-refractivity contribution in [3.05, 3.63) is 11.1 Å². The van der Waals surface area contributed by atoms with E-state index in [0.717, 1.165) is 30.1 Å². The summed E-state index contributed by atoms with van der Waals surface area (Å²) < 4.78 is 5.65. The van der Waals surface area contributed by atoms with Crippen LogP contribution in [0.5, 0.6) is 0 Å². The third-order valence-electron chi connectivity index (χ3n) is 3.95. The van der Waals surface area contributed by atoms with Gasteiger partial charge < -0.3 is 21.1 Å². The number of aromatic nitrogens is 1. The van der Waals surface area contributed by atoms with Crippen LogP contribution in [0.2, 0.25) is 0 Å². The van der Waals surface area contributed by atoms with Gasteiger partial charge in [0.25, 0.3) is 0 Å². The highest BCUT2D eigenvalue weighted by Gasteiger charge is 2.45. The van der Waals surface area contributed by atoms with Crippen molar-refractivity contribution in [2.75, 3.05) is 18.4 Å². The summed E-state index contributed by atoms with van der Waals surface area (Å²) in [5.41, 5.74) is 5.58. The number of hydrogen-bond donors (Lipinski definition) is 3. The molecular formula is C15H24N4O2S2. The van der Waals surface area contributed by atoms with E-state index in [-0.39, 0.29) is 17.0 Å². The highest BCUT2D eigenvalue weighted by atomic mass is 32.1. The third kappa shape index (κ3) is 4.78. The number of nitrogens with zero attached hydrogens (tertiary/aromatic N) is 1. The summed E-state index contributed by atoms with van der Waals surface area (Å²) in [5, 5.41) is 9.13. The monoisotopic (exact) mass is 356 g/mol. The lowest BCUT2D eigenvalue weighted by Gasteiger charge is -2.19. The molecule has 0 amide bonds. The van der Waals surface area contributed by atoms with E-state index in [4.69, 9.17) is 22.7 Å². The molecule has 1 aliphatic rings. The zero-order chi connectivity index (χ0) is 16.9. The molecular weight excluding hydrogens is 332 g/mol. The van der Waals surface area contributed by atoms with E-state index in [9.17, 15) is 4.79 Å². The van der Waals surface area contributed by atoms with Gasteiger partial charge in [-0.05, 0) is 25.6 Å². The number of carbonyl (C=O) groups is 1. The lowest BCUT2D eigenvalue weighted by atomic mass is 9.90. The first-order valence-electron chi connectivity index (χ1n) is 7.90. The van der Waals surface area contributed by atoms with Crippen LogP contribution in [0.25, 0.3) is 0 Å². The zero-order valence-corrected chi connectivity index (χ0v) is 15.2. The van der Waals surface area contributed by atoms with Crippen molar-refractivity contribution in [1.82, 2.24) is 10.3 Å². The van der Waals surface area contributed by atoms with Crippen molar-refractivity contribution in [2.24, 2.45) is 11.7 Å². The number of esters is 1. The molecule has 0 bridgehead atoms. The van der Waals surface area contributed by atoms with E-state index in [1.807, 2.05) is 12.3 Å². The van der Waals surface area contributed by atoms with Crippen LogP contribution < -0.4 is 16.4 Å². The zero-order valence-electron chi connectivity index (χ0n) is 13.6. The average molecular weight is 357 g/mol. The van der Waals surface area contributed by atoms with Gasteiger partial charge in [-0.15, -0.1) is 11.3 Å². The molecule has 0 unspecified atom stereocenters. The smallest absolute Gasteiger partial charge is 0.310 e. The van der Waals surface area contributed by atoms with Gasteiger partial charge in [0.15, 0.2) is 15.8 Å². The Morgan fingerprint density at radius 1 is 1.61 bits per heavy atom. The Bertz CT molecular complexity index is 563. The molecule has 0 aromatic carbocycles. The summed E-state index contributed by atoms with van der Waals surface area (Å²) in [6.45, 7) is 5.38. The molecule has 1 aromatic rings. The van der Waals surface area contributed by atoms with Crippen molar-refractivity contribution >= 4 is 39.8 Å². The van der Waals surface area contributed by atoms with Crippen LogP contribution in [0, 0.1) is 5.92 Å². The minimum Gasteiger partial charge on any atom is -0.453 e. The fourth-order valence-corrected chi connectivity index (χ4v) is 3.64. The maximum atomic E-state index is 12.1. The van der Waals surface area contributed by atoms with Crippen LogP contribution in [-0.2, 0) is 15.1 Å². The highest BCUT2D eigenvalue weighted by Crippen LogP contribution is 2.42. The molecule has 0 aliphatic carbocycles. The van der Waals surface area contributed by atoms with Crippen LogP contribution in [0.3, 0.4) is 0 Å². The van der Waals surface area contributed by atoms with Crippen LogP contribution in [0.15, 0.2) is 5.38 Å². The number of rotatable bonds is 8. The van der Waals surface area contributed by atoms with Gasteiger partial charge in [-0.3, -0.25) is 4.79 Å². The van der Waals surface area contributed by atoms with Gasteiger partial charge in [0.1, 0.15) is 0 Å². The number of cyclic esters (lactones) is 1. The maximum absolute atomic E-state index is 12.1. The van der Waals surface area contributed by atoms with Crippen LogP contribution in [0.4, 0.5) is 5.13 Å². The van der Waals surface area contributed by atoms with Gasteiger partial charge in [-0.25, -0.2) is 4.98 Å². The number of thiocarbonyl (C=S) groups is 1. The predicted molar refractivity (Wildman–Crippen MR) is 96.5 cm³/mol. The molecule has 0 spiro atoms. The number of unbranched alkanes of at least 4 members (excludes halogenated alkanes) is 1. The molecule has 2 rings (SSSR count). The molecule has 4 N–H and O–H groups in total. The summed E-state index contributed by atoms with van der Waals surface area (Å²) in [6.07, 6.45) is 3.74. The number of hydrogen-bond acceptors (Lipinski definition) is 6. The Morgan fingerprint density at radius 2 is 2.39 bits per heavy atom. The first-order chi connectivity index (χ1) is 10.9. The molecule has 0 saturated carbocycles. The molecule has 0 radical (unpaired) electrons. The Balaban J connectivity index is 1.91. The van der Waals surface area contributed by atoms with E-state index in [2.05, 4.69) is 22.5 Å². The summed E-state index contributed by atoms with van der Waals surface area (Å²) in [4.78, 5) is 16.6. The molecule has 6 nitrogen and oxygen atoms in total. The van der Waals surface area contributed by atoms with Crippen molar-refractivity contribution in [2.45, 2.75) is 45.1 Å². The van der Waals surface area contributed by atoms with E-state index in [1.54, 1.807) is 0 Å². The molecule has 128 valence electrons. The van der Waals surface area contributed by atoms with Crippen molar-refractivity contribution in [1.29, 1.82) is 0 Å². The van der Waals surface area contributed by atoms with Gasteiger partial charge in [-0.2, -0.15) is 0 Å². The standard InChI is InChI=1S/C15H24N4O2S2/c1-3-4-5-10-8-15(2,21-12(10)20)11-9-23-14(19-11)18-7-6-17-13(16)22/h9-10H,3-8H2,1-2H3,(H,18,19)(H3,16,17,22)/t10-,15+/m1/s1. The number of anilines is 1. The van der Waals surface area contributed by atoms with Crippen molar-refractivity contribution in [3.63, 3.8) is 0 Å². The summed E-state index contributed by atoms with van der Waals surface area (Å²) in [7, 11) is 0. The molecule has 1 fully saturated rings. The Hall–Kier alpha value is -1.41. The van der Waals surface area contributed by atoms with Crippen molar-refractivity contribution < 1.29 is 9.53 Å². The number of thiazole rings is 1. The first kappa shape index (κ1) is 17.9. The third-order valence-corrected chi connectivity index (χ3v) is 4.89. The largest absolute Gasteiger partial charge is 0.453 e. The molecule has 2 heterocycles. The van der Waals surface area contributed by atoms with Gasteiger partial charge in [0, 0.05) is 24.9 Å². The van der Waals surface area contributed by atoms with E-state index in [1.165, 1.54) is 11.3 Å². The molecule has 23 heavy (non-hydrogen) atoms. The number of carbonyl (C=O) groups excluding carboxylic acids is 1. The topological polar surface area (TPSA) is 89.3 Å². The summed E-state index contributed by atoms with van der Waals surface area (Å²) >= 11 is 6.26. The van der Waals surface area contributed by atoms with Gasteiger partial charge in [0.05, 0.1) is 11.6 Å². The van der Waals surface area contributed by atoms with Gasteiger partial charge in [0.2, 0.25) is 0 Å². The number of nitrogens with two attached hydrogens (primary N) is 1. The molecule has 1 aromatic heterocycles. The average Bonchev–Trinajstić information content (AvgIpc) is 3.07. The normalized spacial score (nSPS) is 23.6. The maximum Gasteiger partial charge on any atom is 0.310 e. The van der Waals surface area contributed by atoms with Crippen LogP contribution in [0.1, 0.15) is 45.2 Å². The highest BCUT2D eigenvalue weighted by molar-refractivity contribution is 7.80. The second-order valence-corrected chi connectivity index (χ2v) is 7.25. The summed E-state index contributed by atoms with van der Waals surface area (Å²) in [6, 6.07) is 0. The Kier molecular flexibility index (Phi) is 6.17. The quantitative estimate of drug-likeness (QED) is 0.374. The van der Waals surface area contributed by atoms with Crippen LogP contribution in [-0.4, -0.2) is 29.2 Å². The fourth-order valence-electron chi connectivity index (χ4n) is 2.68. The minimum atomic E-state index is -0.608. The SMILES string of the molecule is CCCC[C@@H]1C[C@@](C)(c2csc(NCCNC(N)=S)n2)OC1=O. The second-order valence-electron chi connectivity index (χ2n) is 5.95. The Labute approximate surface area is 146 Å². The van der Waals surface area contributed by atoms with Gasteiger partial charge >= 0.3 is 5.97 Å². The fraction of sp³-hybridized carbons (Fsp3) is 0.667. The van der Waals surface area contributed by atoms with E-state index >= 15 is 0 Å². The van der Waals surface area contributed by atoms with Crippen LogP contribution >= 0.6 is 23.6 Å². The van der Waals surface area contributed by atoms with E-state index < -0.39 is 5.60 Å². The first-order valence-corrected chi connectivity index (χ1v) is 9.19. The predicted octanol–water partition coefficient (Wildman–Crippen LogP) is 2.36. The van der Waals surface area contributed by atoms with Crippen molar-refractivity contribution in [3.8, 4) is 0 Å². The lowest BCUT2D eigenvalue weighted by Crippen LogP contribution is -2.32. The second kappa shape index (κ2) is 7.92. The molecule has 1 aliphatic heterocycles. The minimum absolute atomic E-state index is 0.00664. The lowest BCUT2D eigenvalue weighted by molar-refractivity contribution is -0.150. The number of ether oxygens (including phenoxy) is 1. The van der Waals surface area contributed by atoms with Gasteiger partial charge in [-0.1, -0.05) is 19.8 Å². The molecule has 8 heteroatoms. The summed E-state index contributed by atoms with van der Waals surface area (Å²) in [5.74, 6) is -0.100. The Morgan fingerprint density at radius 3 is 3.09 bits per heavy atom. The van der Waals surface area contributed by atoms with E-state index in [0.29, 0.717) is 19.5 Å². The number of nitrogens with one attached hydrogen (secondary N) is 2.